The van der Waals surface area contributed by atoms with Gasteiger partial charge in [0.15, 0.2) is 0 Å². The zero-order valence-corrected chi connectivity index (χ0v) is 10.3. The first-order valence-corrected chi connectivity index (χ1v) is 6.09. The average molecular weight is 251 g/mol. The number of amides is 1. The van der Waals surface area contributed by atoms with Crippen LogP contribution in [-0.4, -0.2) is 32.8 Å². The number of carboxylic acid groups (broad SMARTS) is 1. The number of aryl methyl sites for hydroxylation is 1. The van der Waals surface area contributed by atoms with Crippen molar-refractivity contribution in [2.24, 2.45) is 13.0 Å². The smallest absolute Gasteiger partial charge is 0.306 e. The van der Waals surface area contributed by atoms with Gasteiger partial charge in [-0.2, -0.15) is 5.10 Å². The van der Waals surface area contributed by atoms with E-state index in [0.717, 1.165) is 12.8 Å². The first kappa shape index (κ1) is 12.6. The molecule has 1 saturated carbocycles. The molecule has 1 aliphatic rings. The van der Waals surface area contributed by atoms with Gasteiger partial charge < -0.3 is 10.4 Å². The molecule has 0 bridgehead atoms. The van der Waals surface area contributed by atoms with Crippen molar-refractivity contribution in [1.29, 1.82) is 0 Å². The second-order valence-electron chi connectivity index (χ2n) is 4.73. The Kier molecular flexibility index (Phi) is 3.64. The monoisotopic (exact) mass is 251 g/mol. The third-order valence-electron chi connectivity index (χ3n) is 3.36. The molecule has 98 valence electrons. The number of carbonyl (C=O) groups is 2. The van der Waals surface area contributed by atoms with E-state index in [2.05, 4.69) is 10.4 Å². The highest BCUT2D eigenvalue weighted by molar-refractivity contribution is 5.92. The van der Waals surface area contributed by atoms with Gasteiger partial charge in [-0.15, -0.1) is 0 Å². The molecule has 0 radical (unpaired) electrons. The van der Waals surface area contributed by atoms with Gasteiger partial charge in [0, 0.05) is 19.3 Å². The minimum absolute atomic E-state index is 0.0649. The van der Waals surface area contributed by atoms with E-state index in [-0.39, 0.29) is 17.9 Å². The second-order valence-corrected chi connectivity index (χ2v) is 4.73. The summed E-state index contributed by atoms with van der Waals surface area (Å²) in [6.45, 7) is 0. The van der Waals surface area contributed by atoms with Crippen LogP contribution >= 0.6 is 0 Å². The molecule has 1 fully saturated rings. The largest absolute Gasteiger partial charge is 0.481 e. The van der Waals surface area contributed by atoms with Crippen LogP contribution in [0, 0.1) is 5.92 Å². The molecule has 6 heteroatoms. The van der Waals surface area contributed by atoms with Crippen molar-refractivity contribution < 1.29 is 14.7 Å². The van der Waals surface area contributed by atoms with Gasteiger partial charge in [-0.25, -0.2) is 0 Å². The highest BCUT2D eigenvalue weighted by atomic mass is 16.4. The number of nitrogens with one attached hydrogen (secondary N) is 1. The lowest BCUT2D eigenvalue weighted by Gasteiger charge is -2.26. The molecule has 0 atom stereocenters. The topological polar surface area (TPSA) is 84.2 Å². The molecule has 0 saturated heterocycles. The predicted molar refractivity (Wildman–Crippen MR) is 64.1 cm³/mol. The Hall–Kier alpha value is -1.85. The van der Waals surface area contributed by atoms with Crippen molar-refractivity contribution in [3.63, 3.8) is 0 Å². The molecule has 2 rings (SSSR count). The van der Waals surface area contributed by atoms with Gasteiger partial charge in [-0.05, 0) is 31.7 Å². The molecule has 1 amide bonds. The number of carbonyl (C=O) groups excluding carboxylic acids is 1. The molecular weight excluding hydrogens is 234 g/mol. The first-order chi connectivity index (χ1) is 8.56. The van der Waals surface area contributed by atoms with Gasteiger partial charge >= 0.3 is 5.97 Å². The number of aromatic nitrogens is 2. The van der Waals surface area contributed by atoms with Gasteiger partial charge in [0.1, 0.15) is 5.69 Å². The molecule has 0 spiro atoms. The quantitative estimate of drug-likeness (QED) is 0.832. The van der Waals surface area contributed by atoms with Crippen molar-refractivity contribution >= 4 is 11.9 Å². The number of nitrogens with zero attached hydrogens (tertiary/aromatic N) is 2. The van der Waals surface area contributed by atoms with Crippen LogP contribution in [-0.2, 0) is 11.8 Å². The van der Waals surface area contributed by atoms with Gasteiger partial charge in [0.25, 0.3) is 5.91 Å². The number of aliphatic carboxylic acids is 1. The van der Waals surface area contributed by atoms with Gasteiger partial charge in [0.05, 0.1) is 5.92 Å². The molecule has 1 heterocycles. The molecule has 1 aliphatic carbocycles. The molecular formula is C12H17N3O3. The molecule has 2 N–H and O–H groups in total. The Morgan fingerprint density at radius 3 is 2.56 bits per heavy atom. The number of carboxylic acids is 1. The average Bonchev–Trinajstić information content (AvgIpc) is 2.76. The molecule has 0 unspecified atom stereocenters. The fraction of sp³-hybridized carbons (Fsp3) is 0.583. The van der Waals surface area contributed by atoms with Gasteiger partial charge in [-0.1, -0.05) is 0 Å². The molecule has 1 aromatic rings. The summed E-state index contributed by atoms with van der Waals surface area (Å²) in [5.74, 6) is -1.17. The highest BCUT2D eigenvalue weighted by Gasteiger charge is 2.27. The normalized spacial score (nSPS) is 23.6. The summed E-state index contributed by atoms with van der Waals surface area (Å²) in [6, 6.07) is 1.73. The van der Waals surface area contributed by atoms with Crippen molar-refractivity contribution in [2.75, 3.05) is 0 Å². The van der Waals surface area contributed by atoms with E-state index in [9.17, 15) is 9.59 Å². The lowest BCUT2D eigenvalue weighted by atomic mass is 9.86. The van der Waals surface area contributed by atoms with Crippen LogP contribution in [0.2, 0.25) is 0 Å². The summed E-state index contributed by atoms with van der Waals surface area (Å²) in [6.07, 6.45) is 4.41. The first-order valence-electron chi connectivity index (χ1n) is 6.09. The van der Waals surface area contributed by atoms with Crippen molar-refractivity contribution in [2.45, 2.75) is 31.7 Å². The standard InChI is InChI=1S/C12H17N3O3/c1-15-7-6-10(14-15)11(16)13-9-4-2-8(3-5-9)12(17)18/h6-9H,2-5H2,1H3,(H,13,16)(H,17,18). The van der Waals surface area contributed by atoms with Crippen molar-refractivity contribution in [3.05, 3.63) is 18.0 Å². The fourth-order valence-corrected chi connectivity index (χ4v) is 2.28. The third kappa shape index (κ3) is 2.88. The van der Waals surface area contributed by atoms with Crippen LogP contribution in [0.5, 0.6) is 0 Å². The fourth-order valence-electron chi connectivity index (χ4n) is 2.28. The summed E-state index contributed by atoms with van der Waals surface area (Å²) in [4.78, 5) is 22.6. The summed E-state index contributed by atoms with van der Waals surface area (Å²) in [5.41, 5.74) is 0.401. The SMILES string of the molecule is Cn1ccc(C(=O)NC2CCC(C(=O)O)CC2)n1. The summed E-state index contributed by atoms with van der Waals surface area (Å²) in [7, 11) is 1.76. The van der Waals surface area contributed by atoms with Crippen LogP contribution in [0.3, 0.4) is 0 Å². The minimum Gasteiger partial charge on any atom is -0.481 e. The number of rotatable bonds is 3. The third-order valence-corrected chi connectivity index (χ3v) is 3.36. The van der Waals surface area contributed by atoms with E-state index in [0.29, 0.717) is 18.5 Å². The van der Waals surface area contributed by atoms with E-state index in [1.165, 1.54) is 0 Å². The van der Waals surface area contributed by atoms with Crippen molar-refractivity contribution in [3.8, 4) is 0 Å². The van der Waals surface area contributed by atoms with E-state index in [1.807, 2.05) is 0 Å². The Balaban J connectivity index is 1.85. The maximum Gasteiger partial charge on any atom is 0.306 e. The van der Waals surface area contributed by atoms with Crippen molar-refractivity contribution in [1.82, 2.24) is 15.1 Å². The maximum absolute atomic E-state index is 11.8. The summed E-state index contributed by atoms with van der Waals surface area (Å²) < 4.78 is 1.58. The minimum atomic E-state index is -0.732. The Morgan fingerprint density at radius 2 is 2.06 bits per heavy atom. The van der Waals surface area contributed by atoms with Crippen LogP contribution in [0.25, 0.3) is 0 Å². The summed E-state index contributed by atoms with van der Waals surface area (Å²) in [5, 5.41) is 15.8. The lowest BCUT2D eigenvalue weighted by molar-refractivity contribution is -0.142. The van der Waals surface area contributed by atoms with E-state index >= 15 is 0 Å². The molecule has 0 aromatic carbocycles. The predicted octanol–water partition coefficient (Wildman–Crippen LogP) is 0.793. The summed E-state index contributed by atoms with van der Waals surface area (Å²) >= 11 is 0. The molecule has 1 aromatic heterocycles. The molecule has 0 aliphatic heterocycles. The second kappa shape index (κ2) is 5.20. The zero-order valence-electron chi connectivity index (χ0n) is 10.3. The van der Waals surface area contributed by atoms with E-state index < -0.39 is 5.97 Å². The number of hydrogen-bond acceptors (Lipinski definition) is 3. The molecule has 6 nitrogen and oxygen atoms in total. The van der Waals surface area contributed by atoms with Crippen LogP contribution in [0.4, 0.5) is 0 Å². The Bertz CT molecular complexity index is 447. The maximum atomic E-state index is 11.8. The molecule has 18 heavy (non-hydrogen) atoms. The van der Waals surface area contributed by atoms with Crippen LogP contribution in [0.1, 0.15) is 36.2 Å². The highest BCUT2D eigenvalue weighted by Crippen LogP contribution is 2.24. The van der Waals surface area contributed by atoms with E-state index in [4.69, 9.17) is 5.11 Å². The van der Waals surface area contributed by atoms with Gasteiger partial charge in [-0.3, -0.25) is 14.3 Å². The zero-order chi connectivity index (χ0) is 13.1. The van der Waals surface area contributed by atoms with Crippen LogP contribution < -0.4 is 5.32 Å². The Morgan fingerprint density at radius 1 is 1.39 bits per heavy atom. The lowest BCUT2D eigenvalue weighted by Crippen LogP contribution is -2.38. The van der Waals surface area contributed by atoms with Gasteiger partial charge in [0.2, 0.25) is 0 Å². The van der Waals surface area contributed by atoms with Crippen LogP contribution in [0.15, 0.2) is 12.3 Å². The van der Waals surface area contributed by atoms with E-state index in [1.54, 1.807) is 24.0 Å². The Labute approximate surface area is 105 Å². The number of hydrogen-bond donors (Lipinski definition) is 2.